The maximum atomic E-state index is 5.57. The second-order valence-electron chi connectivity index (χ2n) is 5.56. The lowest BCUT2D eigenvalue weighted by Gasteiger charge is -2.05. The summed E-state index contributed by atoms with van der Waals surface area (Å²) in [7, 11) is 0. The van der Waals surface area contributed by atoms with Crippen LogP contribution in [-0.4, -0.2) is 13.1 Å². The molecule has 0 fully saturated rings. The standard InChI is InChI=1S/C19H26N2/c20-14-12-18-8-4-16(5-9-18)2-1-3-17-6-10-19(11-7-17)13-15-21/h4-11H,1-3,12-15,20-21H2. The van der Waals surface area contributed by atoms with Crippen LogP contribution >= 0.6 is 0 Å². The molecule has 21 heavy (non-hydrogen) atoms. The Bertz CT molecular complexity index is 465. The van der Waals surface area contributed by atoms with Crippen LogP contribution in [0, 0.1) is 0 Å². The van der Waals surface area contributed by atoms with E-state index in [0.717, 1.165) is 38.8 Å². The molecule has 4 N–H and O–H groups in total. The minimum absolute atomic E-state index is 0.722. The Morgan fingerprint density at radius 3 is 1.05 bits per heavy atom. The quantitative estimate of drug-likeness (QED) is 0.782. The molecule has 112 valence electrons. The Morgan fingerprint density at radius 1 is 0.476 bits per heavy atom. The van der Waals surface area contributed by atoms with Gasteiger partial charge in [0.25, 0.3) is 0 Å². The molecule has 0 amide bonds. The van der Waals surface area contributed by atoms with E-state index in [2.05, 4.69) is 48.5 Å². The van der Waals surface area contributed by atoms with E-state index in [0.29, 0.717) is 0 Å². The molecule has 2 aromatic carbocycles. The van der Waals surface area contributed by atoms with Gasteiger partial charge in [-0.3, -0.25) is 0 Å². The highest BCUT2D eigenvalue weighted by atomic mass is 14.5. The van der Waals surface area contributed by atoms with Crippen LogP contribution in [0.2, 0.25) is 0 Å². The van der Waals surface area contributed by atoms with E-state index in [1.165, 1.54) is 28.7 Å². The third kappa shape index (κ3) is 5.33. The molecule has 2 nitrogen and oxygen atoms in total. The molecule has 0 atom stereocenters. The third-order valence-electron chi connectivity index (χ3n) is 3.84. The first kappa shape index (κ1) is 15.7. The molecule has 0 bridgehead atoms. The van der Waals surface area contributed by atoms with E-state index in [4.69, 9.17) is 11.5 Å². The lowest BCUT2D eigenvalue weighted by Crippen LogP contribution is -2.02. The predicted molar refractivity (Wildman–Crippen MR) is 90.4 cm³/mol. The van der Waals surface area contributed by atoms with Crippen LogP contribution in [0.1, 0.15) is 28.7 Å². The predicted octanol–water partition coefficient (Wildman–Crippen LogP) is 2.86. The minimum atomic E-state index is 0.722. The van der Waals surface area contributed by atoms with E-state index >= 15 is 0 Å². The van der Waals surface area contributed by atoms with Crippen molar-refractivity contribution in [2.75, 3.05) is 13.1 Å². The van der Waals surface area contributed by atoms with Crippen LogP contribution in [0.5, 0.6) is 0 Å². The molecule has 0 aliphatic heterocycles. The van der Waals surface area contributed by atoms with Crippen molar-refractivity contribution >= 4 is 0 Å². The number of aryl methyl sites for hydroxylation is 2. The molecule has 0 aliphatic rings. The van der Waals surface area contributed by atoms with E-state index in [1.807, 2.05) is 0 Å². The van der Waals surface area contributed by atoms with Crippen LogP contribution < -0.4 is 11.5 Å². The fourth-order valence-electron chi connectivity index (χ4n) is 2.58. The summed E-state index contributed by atoms with van der Waals surface area (Å²) < 4.78 is 0. The maximum Gasteiger partial charge on any atom is -0.00367 e. The normalized spacial score (nSPS) is 10.8. The van der Waals surface area contributed by atoms with Crippen molar-refractivity contribution in [3.8, 4) is 0 Å². The summed E-state index contributed by atoms with van der Waals surface area (Å²) in [6.07, 6.45) is 5.39. The van der Waals surface area contributed by atoms with Gasteiger partial charge in [-0.15, -0.1) is 0 Å². The molecule has 0 heterocycles. The van der Waals surface area contributed by atoms with Gasteiger partial charge in [0.05, 0.1) is 0 Å². The monoisotopic (exact) mass is 282 g/mol. The van der Waals surface area contributed by atoms with Crippen molar-refractivity contribution in [2.45, 2.75) is 32.1 Å². The van der Waals surface area contributed by atoms with Crippen LogP contribution in [0.15, 0.2) is 48.5 Å². The van der Waals surface area contributed by atoms with E-state index in [-0.39, 0.29) is 0 Å². The molecule has 2 rings (SSSR count). The van der Waals surface area contributed by atoms with Gasteiger partial charge in [-0.05, 0) is 67.4 Å². The number of hydrogen-bond acceptors (Lipinski definition) is 2. The summed E-state index contributed by atoms with van der Waals surface area (Å²) in [4.78, 5) is 0. The topological polar surface area (TPSA) is 52.0 Å². The first-order chi connectivity index (χ1) is 10.3. The molecule has 0 saturated carbocycles. The molecule has 0 radical (unpaired) electrons. The number of hydrogen-bond donors (Lipinski definition) is 2. The number of nitrogens with two attached hydrogens (primary N) is 2. The first-order valence-electron chi connectivity index (χ1n) is 7.87. The number of rotatable bonds is 8. The van der Waals surface area contributed by atoms with Crippen LogP contribution in [-0.2, 0) is 25.7 Å². The zero-order chi connectivity index (χ0) is 14.9. The highest BCUT2D eigenvalue weighted by molar-refractivity contribution is 5.24. The third-order valence-corrected chi connectivity index (χ3v) is 3.84. The summed E-state index contributed by atoms with van der Waals surface area (Å²) in [6, 6.07) is 17.7. The van der Waals surface area contributed by atoms with Crippen LogP contribution in [0.25, 0.3) is 0 Å². The van der Waals surface area contributed by atoms with Gasteiger partial charge in [0.2, 0.25) is 0 Å². The van der Waals surface area contributed by atoms with Gasteiger partial charge >= 0.3 is 0 Å². The molecule has 0 unspecified atom stereocenters. The lowest BCUT2D eigenvalue weighted by molar-refractivity contribution is 0.818. The smallest absolute Gasteiger partial charge is 0.00367 e. The summed E-state index contributed by atoms with van der Waals surface area (Å²) in [5, 5.41) is 0. The first-order valence-corrected chi connectivity index (χ1v) is 7.87. The second-order valence-corrected chi connectivity index (χ2v) is 5.56. The van der Waals surface area contributed by atoms with E-state index < -0.39 is 0 Å². The summed E-state index contributed by atoms with van der Waals surface area (Å²) in [5.41, 5.74) is 16.6. The minimum Gasteiger partial charge on any atom is -0.330 e. The molecular weight excluding hydrogens is 256 g/mol. The molecule has 2 aromatic rings. The molecule has 0 spiro atoms. The fraction of sp³-hybridized carbons (Fsp3) is 0.368. The Morgan fingerprint density at radius 2 is 0.762 bits per heavy atom. The molecule has 0 saturated heterocycles. The highest BCUT2D eigenvalue weighted by Crippen LogP contribution is 2.11. The van der Waals surface area contributed by atoms with Crippen molar-refractivity contribution in [3.63, 3.8) is 0 Å². The number of benzene rings is 2. The summed E-state index contributed by atoms with van der Waals surface area (Å²) in [5.74, 6) is 0. The van der Waals surface area contributed by atoms with E-state index in [9.17, 15) is 0 Å². The zero-order valence-electron chi connectivity index (χ0n) is 12.7. The van der Waals surface area contributed by atoms with Crippen molar-refractivity contribution in [3.05, 3.63) is 70.8 Å². The molecule has 0 aliphatic carbocycles. The summed E-state index contributed by atoms with van der Waals surface area (Å²) in [6.45, 7) is 1.44. The van der Waals surface area contributed by atoms with Gasteiger partial charge in [0.15, 0.2) is 0 Å². The fourth-order valence-corrected chi connectivity index (χ4v) is 2.58. The van der Waals surface area contributed by atoms with Gasteiger partial charge < -0.3 is 11.5 Å². The van der Waals surface area contributed by atoms with Gasteiger partial charge in [0.1, 0.15) is 0 Å². The van der Waals surface area contributed by atoms with Gasteiger partial charge in [-0.1, -0.05) is 48.5 Å². The summed E-state index contributed by atoms with van der Waals surface area (Å²) >= 11 is 0. The average molecular weight is 282 g/mol. The largest absolute Gasteiger partial charge is 0.330 e. The van der Waals surface area contributed by atoms with Crippen LogP contribution in [0.3, 0.4) is 0 Å². The highest BCUT2D eigenvalue weighted by Gasteiger charge is 1.98. The Hall–Kier alpha value is -1.64. The Kier molecular flexibility index (Phi) is 6.45. The molecule has 2 heteroatoms. The zero-order valence-corrected chi connectivity index (χ0v) is 12.7. The second kappa shape index (κ2) is 8.60. The Labute approximate surface area is 128 Å². The van der Waals surface area contributed by atoms with Gasteiger partial charge in [-0.2, -0.15) is 0 Å². The maximum absolute atomic E-state index is 5.57. The van der Waals surface area contributed by atoms with Crippen molar-refractivity contribution in [2.24, 2.45) is 11.5 Å². The van der Waals surface area contributed by atoms with Gasteiger partial charge in [-0.25, -0.2) is 0 Å². The van der Waals surface area contributed by atoms with Crippen molar-refractivity contribution < 1.29 is 0 Å². The molecular formula is C19H26N2. The lowest BCUT2D eigenvalue weighted by atomic mass is 10.0. The van der Waals surface area contributed by atoms with Gasteiger partial charge in [0, 0.05) is 0 Å². The van der Waals surface area contributed by atoms with Crippen molar-refractivity contribution in [1.29, 1.82) is 0 Å². The molecule has 0 aromatic heterocycles. The SMILES string of the molecule is NCCc1ccc(CCCc2ccc(CCN)cc2)cc1. The van der Waals surface area contributed by atoms with Crippen molar-refractivity contribution in [1.82, 2.24) is 0 Å². The van der Waals surface area contributed by atoms with Crippen LogP contribution in [0.4, 0.5) is 0 Å². The average Bonchev–Trinajstić information content (AvgIpc) is 2.51. The Balaban J connectivity index is 1.78. The van der Waals surface area contributed by atoms with E-state index in [1.54, 1.807) is 0 Å².